The lowest BCUT2D eigenvalue weighted by atomic mass is 9.98. The number of nitrogens with one attached hydrogen (secondary N) is 1. The van der Waals surface area contributed by atoms with Crippen molar-refractivity contribution in [1.29, 1.82) is 0 Å². The third-order valence-corrected chi connectivity index (χ3v) is 7.16. The summed E-state index contributed by atoms with van der Waals surface area (Å²) in [7, 11) is 0. The number of rotatable bonds is 7. The summed E-state index contributed by atoms with van der Waals surface area (Å²) in [5, 5.41) is 14.5. The summed E-state index contributed by atoms with van der Waals surface area (Å²) in [4.78, 5) is 23.5. The number of fused-ring (bicyclic) bond motifs is 1. The molecule has 9 heteroatoms. The zero-order valence-corrected chi connectivity index (χ0v) is 23.6. The number of nitrogens with zero attached hydrogens (tertiary/aromatic N) is 6. The summed E-state index contributed by atoms with van der Waals surface area (Å²) < 4.78 is 1.80. The maximum atomic E-state index is 13.8. The van der Waals surface area contributed by atoms with E-state index in [-0.39, 0.29) is 5.56 Å². The van der Waals surface area contributed by atoms with Gasteiger partial charge in [-0.05, 0) is 91.4 Å². The number of aromatic nitrogens is 6. The summed E-state index contributed by atoms with van der Waals surface area (Å²) in [6.07, 6.45) is 3.58. The normalized spacial score (nSPS) is 12.8. The molecule has 1 N–H and O–H groups in total. The molecule has 0 saturated heterocycles. The molecule has 0 fully saturated rings. The first-order valence-corrected chi connectivity index (χ1v) is 13.3. The largest absolute Gasteiger partial charge is 0.321 e. The molecule has 8 nitrogen and oxygen atoms in total. The number of aryl methyl sites for hydroxylation is 2. The fraction of sp³-hybridized carbons (Fsp3) is 0.300. The molecule has 39 heavy (non-hydrogen) atoms. The zero-order chi connectivity index (χ0) is 27.7. The number of hydrogen-bond donors (Lipinski definition) is 1. The van der Waals surface area contributed by atoms with Gasteiger partial charge in [-0.15, -0.1) is 5.10 Å². The van der Waals surface area contributed by atoms with Gasteiger partial charge in [0, 0.05) is 36.1 Å². The van der Waals surface area contributed by atoms with Crippen molar-refractivity contribution >= 4 is 22.5 Å². The summed E-state index contributed by atoms with van der Waals surface area (Å²) in [6.45, 7) is 11.1. The number of tetrazole rings is 1. The molecule has 0 saturated carbocycles. The molecule has 0 bridgehead atoms. The zero-order valence-electron chi connectivity index (χ0n) is 22.8. The first-order chi connectivity index (χ1) is 18.6. The Morgan fingerprint density at radius 3 is 2.56 bits per heavy atom. The predicted octanol–water partition coefficient (Wildman–Crippen LogP) is 5.73. The molecule has 0 radical (unpaired) electrons. The van der Waals surface area contributed by atoms with Gasteiger partial charge in [-0.25, -0.2) is 4.68 Å². The van der Waals surface area contributed by atoms with Gasteiger partial charge in [-0.3, -0.25) is 14.7 Å². The van der Waals surface area contributed by atoms with E-state index in [1.54, 1.807) is 10.9 Å². The Labute approximate surface area is 232 Å². The fourth-order valence-corrected chi connectivity index (χ4v) is 5.25. The molecule has 200 valence electrons. The van der Waals surface area contributed by atoms with Crippen LogP contribution in [0.15, 0.2) is 71.8 Å². The Bertz CT molecular complexity index is 1670. The van der Waals surface area contributed by atoms with Crippen molar-refractivity contribution < 1.29 is 0 Å². The lowest BCUT2D eigenvalue weighted by molar-refractivity contribution is 0.184. The van der Waals surface area contributed by atoms with Gasteiger partial charge in [0.2, 0.25) is 0 Å². The average molecular weight is 542 g/mol. The second-order valence-electron chi connectivity index (χ2n) is 11.0. The molecule has 1 unspecified atom stereocenters. The molecule has 5 rings (SSSR count). The molecule has 2 aromatic carbocycles. The van der Waals surface area contributed by atoms with E-state index in [4.69, 9.17) is 11.6 Å². The minimum atomic E-state index is -0.579. The van der Waals surface area contributed by atoms with Crippen molar-refractivity contribution in [2.45, 2.75) is 59.3 Å². The van der Waals surface area contributed by atoms with Crippen LogP contribution in [0.5, 0.6) is 0 Å². The third kappa shape index (κ3) is 5.62. The van der Waals surface area contributed by atoms with Gasteiger partial charge in [0.05, 0.1) is 11.1 Å². The molecule has 1 atom stereocenters. The standard InChI is InChI=1S/C30H32ClN7O/c1-19-13-20(2)26-23(14-19)15-24(29(39)33-26)27(28-34-35-36-38(28)30(3,4)5)37(17-21-9-8-12-32-16-21)18-22-10-6-7-11-25(22)31/h6-16,27H,17-18H2,1-5H3,(H,33,39). The highest BCUT2D eigenvalue weighted by Gasteiger charge is 2.34. The van der Waals surface area contributed by atoms with Crippen LogP contribution in [0.4, 0.5) is 0 Å². The third-order valence-electron chi connectivity index (χ3n) is 6.80. The Hall–Kier alpha value is -3.88. The van der Waals surface area contributed by atoms with Crippen molar-refractivity contribution in [2.75, 3.05) is 0 Å². The molecule has 3 heterocycles. The van der Waals surface area contributed by atoms with Crippen LogP contribution in [-0.2, 0) is 18.6 Å². The van der Waals surface area contributed by atoms with Crippen LogP contribution in [0.2, 0.25) is 5.02 Å². The van der Waals surface area contributed by atoms with E-state index in [2.05, 4.69) is 49.4 Å². The van der Waals surface area contributed by atoms with Gasteiger partial charge < -0.3 is 4.98 Å². The smallest absolute Gasteiger partial charge is 0.253 e. The van der Waals surface area contributed by atoms with Crippen LogP contribution in [-0.4, -0.2) is 35.1 Å². The number of halogens is 1. The average Bonchev–Trinajstić information content (AvgIpc) is 3.37. The highest BCUT2D eigenvalue weighted by atomic mass is 35.5. The Kier molecular flexibility index (Phi) is 7.34. The monoisotopic (exact) mass is 541 g/mol. The van der Waals surface area contributed by atoms with Crippen molar-refractivity contribution in [3.05, 3.63) is 116 Å². The van der Waals surface area contributed by atoms with Gasteiger partial charge in [0.15, 0.2) is 5.82 Å². The number of hydrogen-bond acceptors (Lipinski definition) is 6. The second-order valence-corrected chi connectivity index (χ2v) is 11.4. The molecule has 0 amide bonds. The molecular weight excluding hydrogens is 510 g/mol. The van der Waals surface area contributed by atoms with Crippen LogP contribution < -0.4 is 5.56 Å². The van der Waals surface area contributed by atoms with Crippen molar-refractivity contribution in [3.8, 4) is 0 Å². The Morgan fingerprint density at radius 1 is 1.05 bits per heavy atom. The molecule has 3 aromatic heterocycles. The predicted molar refractivity (Wildman–Crippen MR) is 154 cm³/mol. The highest BCUT2D eigenvalue weighted by Crippen LogP contribution is 2.33. The van der Waals surface area contributed by atoms with E-state index >= 15 is 0 Å². The van der Waals surface area contributed by atoms with Gasteiger partial charge in [-0.2, -0.15) is 0 Å². The van der Waals surface area contributed by atoms with Crippen LogP contribution in [0.1, 0.15) is 60.5 Å². The topological polar surface area (TPSA) is 92.6 Å². The van der Waals surface area contributed by atoms with E-state index in [1.807, 2.05) is 76.4 Å². The summed E-state index contributed by atoms with van der Waals surface area (Å²) >= 11 is 6.64. The highest BCUT2D eigenvalue weighted by molar-refractivity contribution is 6.31. The van der Waals surface area contributed by atoms with Gasteiger partial charge in [-0.1, -0.05) is 47.5 Å². The van der Waals surface area contributed by atoms with E-state index in [1.165, 1.54) is 0 Å². The van der Waals surface area contributed by atoms with Gasteiger partial charge in [0.25, 0.3) is 5.56 Å². The quantitative estimate of drug-likeness (QED) is 0.283. The van der Waals surface area contributed by atoms with Crippen molar-refractivity contribution in [3.63, 3.8) is 0 Å². The van der Waals surface area contributed by atoms with Gasteiger partial charge in [0.1, 0.15) is 6.04 Å². The lowest BCUT2D eigenvalue weighted by Crippen LogP contribution is -2.37. The van der Waals surface area contributed by atoms with Crippen LogP contribution in [0.3, 0.4) is 0 Å². The summed E-state index contributed by atoms with van der Waals surface area (Å²) in [5.41, 5.74) is 4.86. The molecule has 0 aliphatic heterocycles. The van der Waals surface area contributed by atoms with E-state index in [9.17, 15) is 4.79 Å². The fourth-order valence-electron chi connectivity index (χ4n) is 5.06. The maximum Gasteiger partial charge on any atom is 0.253 e. The lowest BCUT2D eigenvalue weighted by Gasteiger charge is -2.33. The Balaban J connectivity index is 1.76. The SMILES string of the molecule is Cc1cc(C)c2[nH]c(=O)c(C(c3nnnn3C(C)(C)C)N(Cc3cccnc3)Cc3ccccc3Cl)cc2c1. The van der Waals surface area contributed by atoms with Crippen molar-refractivity contribution in [2.24, 2.45) is 0 Å². The van der Waals surface area contributed by atoms with Gasteiger partial charge >= 0.3 is 0 Å². The molecule has 5 aromatic rings. The molecule has 0 aliphatic rings. The number of pyridine rings is 2. The van der Waals surface area contributed by atoms with E-state index in [0.29, 0.717) is 29.5 Å². The van der Waals surface area contributed by atoms with E-state index < -0.39 is 11.6 Å². The molecule has 0 aliphatic carbocycles. The Morgan fingerprint density at radius 2 is 1.85 bits per heavy atom. The minimum absolute atomic E-state index is 0.182. The number of aromatic amines is 1. The first kappa shape index (κ1) is 26.7. The second kappa shape index (κ2) is 10.7. The maximum absolute atomic E-state index is 13.8. The number of H-pyrrole nitrogens is 1. The molecule has 0 spiro atoms. The van der Waals surface area contributed by atoms with E-state index in [0.717, 1.165) is 33.2 Å². The van der Waals surface area contributed by atoms with Crippen LogP contribution >= 0.6 is 11.6 Å². The van der Waals surface area contributed by atoms with Crippen molar-refractivity contribution in [1.82, 2.24) is 35.1 Å². The van der Waals surface area contributed by atoms with Crippen LogP contribution in [0.25, 0.3) is 10.9 Å². The summed E-state index contributed by atoms with van der Waals surface area (Å²) in [5.74, 6) is 0.577. The first-order valence-electron chi connectivity index (χ1n) is 12.9. The minimum Gasteiger partial charge on any atom is -0.321 e. The summed E-state index contributed by atoms with van der Waals surface area (Å²) in [6, 6.07) is 17.2. The van der Waals surface area contributed by atoms with Crippen LogP contribution in [0, 0.1) is 13.8 Å². The molecular formula is C30H32ClN7O. The number of benzene rings is 2.